The summed E-state index contributed by atoms with van der Waals surface area (Å²) in [5, 5.41) is 5.09. The average molecular weight is 283 g/mol. The highest BCUT2D eigenvalue weighted by atomic mass is 35.5. The highest BCUT2D eigenvalue weighted by Gasteiger charge is 2.12. The zero-order valence-electron chi connectivity index (χ0n) is 10.0. The van der Waals surface area contributed by atoms with Gasteiger partial charge in [-0.25, -0.2) is 0 Å². The van der Waals surface area contributed by atoms with E-state index in [-0.39, 0.29) is 6.04 Å². The largest absolute Gasteiger partial charge is 0.275 e. The van der Waals surface area contributed by atoms with Crippen LogP contribution in [0.4, 0.5) is 0 Å². The molecule has 0 bridgehead atoms. The number of thioether (sulfide) groups is 1. The van der Waals surface area contributed by atoms with Crippen molar-refractivity contribution >= 4 is 23.4 Å². The number of nitrogens with two attached hydrogens (primary N) is 1. The predicted octanol–water partition coefficient (Wildman–Crippen LogP) is 2.37. The number of nitrogens with zero attached hydrogens (tertiary/aromatic N) is 2. The maximum Gasteiger partial charge on any atom is 0.0815 e. The Morgan fingerprint density at radius 2 is 2.33 bits per heavy atom. The Morgan fingerprint density at radius 1 is 1.50 bits per heavy atom. The van der Waals surface area contributed by atoms with Gasteiger partial charge in [-0.05, 0) is 24.3 Å². The van der Waals surface area contributed by atoms with E-state index in [4.69, 9.17) is 17.4 Å². The molecule has 4 nitrogen and oxygen atoms in total. The molecular formula is C12H15ClN4S. The van der Waals surface area contributed by atoms with Gasteiger partial charge in [0.05, 0.1) is 11.7 Å². The molecule has 6 heteroatoms. The number of benzene rings is 1. The topological polar surface area (TPSA) is 55.9 Å². The van der Waals surface area contributed by atoms with Gasteiger partial charge in [-0.15, -0.1) is 11.8 Å². The van der Waals surface area contributed by atoms with Crippen molar-refractivity contribution in [2.75, 3.05) is 5.75 Å². The fourth-order valence-corrected chi connectivity index (χ4v) is 2.84. The van der Waals surface area contributed by atoms with E-state index in [1.54, 1.807) is 16.4 Å². The molecule has 0 spiro atoms. The second kappa shape index (κ2) is 6.24. The highest BCUT2D eigenvalue weighted by Crippen LogP contribution is 2.25. The number of rotatable bonds is 5. The molecular weight excluding hydrogens is 268 g/mol. The summed E-state index contributed by atoms with van der Waals surface area (Å²) in [7, 11) is 1.89. The van der Waals surface area contributed by atoms with Crippen LogP contribution in [-0.4, -0.2) is 15.5 Å². The molecule has 0 saturated heterocycles. The third-order valence-corrected chi connectivity index (χ3v) is 3.83. The van der Waals surface area contributed by atoms with Gasteiger partial charge in [0.2, 0.25) is 0 Å². The normalized spacial score (nSPS) is 12.6. The molecule has 1 heterocycles. The second-order valence-electron chi connectivity index (χ2n) is 3.90. The maximum atomic E-state index is 5.95. The summed E-state index contributed by atoms with van der Waals surface area (Å²) in [5.74, 6) is 6.37. The summed E-state index contributed by atoms with van der Waals surface area (Å²) in [6.45, 7) is 0. The maximum absolute atomic E-state index is 5.95. The molecule has 18 heavy (non-hydrogen) atoms. The molecule has 0 radical (unpaired) electrons. The average Bonchev–Trinajstić information content (AvgIpc) is 2.77. The van der Waals surface area contributed by atoms with E-state index in [1.807, 2.05) is 43.6 Å². The van der Waals surface area contributed by atoms with Gasteiger partial charge in [0, 0.05) is 28.9 Å². The molecule has 0 fully saturated rings. The lowest BCUT2D eigenvalue weighted by Gasteiger charge is -2.13. The van der Waals surface area contributed by atoms with Gasteiger partial charge < -0.3 is 0 Å². The number of hydrogen-bond donors (Lipinski definition) is 2. The minimum absolute atomic E-state index is 0.0233. The van der Waals surface area contributed by atoms with Gasteiger partial charge in [0.25, 0.3) is 0 Å². The Balaban J connectivity index is 1.99. The van der Waals surface area contributed by atoms with Crippen molar-refractivity contribution in [3.8, 4) is 0 Å². The van der Waals surface area contributed by atoms with Gasteiger partial charge in [0.15, 0.2) is 0 Å². The van der Waals surface area contributed by atoms with Crippen molar-refractivity contribution in [2.24, 2.45) is 12.9 Å². The molecule has 1 aromatic heterocycles. The van der Waals surface area contributed by atoms with Crippen LogP contribution in [0.25, 0.3) is 0 Å². The molecule has 1 atom stereocenters. The van der Waals surface area contributed by atoms with Gasteiger partial charge in [0.1, 0.15) is 0 Å². The first-order valence-electron chi connectivity index (χ1n) is 5.53. The third kappa shape index (κ3) is 3.49. The van der Waals surface area contributed by atoms with Crippen LogP contribution in [0.1, 0.15) is 11.7 Å². The third-order valence-electron chi connectivity index (χ3n) is 2.51. The Hall–Kier alpha value is -1.01. The minimum Gasteiger partial charge on any atom is -0.275 e. The quantitative estimate of drug-likeness (QED) is 0.502. The van der Waals surface area contributed by atoms with E-state index in [2.05, 4.69) is 10.5 Å². The number of nitrogens with one attached hydrogen (secondary N) is 1. The second-order valence-corrected chi connectivity index (χ2v) is 5.43. The van der Waals surface area contributed by atoms with Crippen LogP contribution in [0.2, 0.25) is 5.02 Å². The summed E-state index contributed by atoms with van der Waals surface area (Å²) in [4.78, 5) is 1.12. The molecule has 0 saturated carbocycles. The fourth-order valence-electron chi connectivity index (χ4n) is 1.57. The summed E-state index contributed by atoms with van der Waals surface area (Å²) >= 11 is 7.64. The Bertz CT molecular complexity index is 514. The highest BCUT2D eigenvalue weighted by molar-refractivity contribution is 7.99. The van der Waals surface area contributed by atoms with Crippen molar-refractivity contribution in [1.29, 1.82) is 0 Å². The van der Waals surface area contributed by atoms with E-state index in [9.17, 15) is 0 Å². The van der Waals surface area contributed by atoms with Crippen LogP contribution < -0.4 is 11.3 Å². The number of aromatic nitrogens is 2. The van der Waals surface area contributed by atoms with Crippen LogP contribution in [0, 0.1) is 0 Å². The standard InChI is InChI=1S/C12H15ClN4S/c1-17-6-5-11(16-17)12(15-14)8-18-10-4-2-3-9(13)7-10/h2-7,12,15H,8,14H2,1H3. The van der Waals surface area contributed by atoms with E-state index in [0.29, 0.717) is 0 Å². The summed E-state index contributed by atoms with van der Waals surface area (Å²) in [5.41, 5.74) is 3.73. The first kappa shape index (κ1) is 13.4. The Kier molecular flexibility index (Phi) is 4.66. The lowest BCUT2D eigenvalue weighted by Crippen LogP contribution is -2.30. The monoisotopic (exact) mass is 282 g/mol. The van der Waals surface area contributed by atoms with Crippen LogP contribution in [0.3, 0.4) is 0 Å². The minimum atomic E-state index is 0.0233. The van der Waals surface area contributed by atoms with Crippen molar-refractivity contribution < 1.29 is 0 Å². The molecule has 96 valence electrons. The number of aryl methyl sites for hydroxylation is 1. The molecule has 0 aliphatic rings. The lowest BCUT2D eigenvalue weighted by atomic mass is 10.2. The SMILES string of the molecule is Cn1ccc(C(CSc2cccc(Cl)c2)NN)n1. The van der Waals surface area contributed by atoms with Crippen molar-refractivity contribution in [3.63, 3.8) is 0 Å². The molecule has 0 aliphatic heterocycles. The molecule has 2 aromatic rings. The van der Waals surface area contributed by atoms with Crippen molar-refractivity contribution in [1.82, 2.24) is 15.2 Å². The van der Waals surface area contributed by atoms with Crippen LogP contribution in [0.5, 0.6) is 0 Å². The molecule has 3 N–H and O–H groups in total. The first-order valence-corrected chi connectivity index (χ1v) is 6.89. The van der Waals surface area contributed by atoms with Crippen LogP contribution in [0.15, 0.2) is 41.4 Å². The smallest absolute Gasteiger partial charge is 0.0815 e. The molecule has 0 aliphatic carbocycles. The van der Waals surface area contributed by atoms with E-state index >= 15 is 0 Å². The van der Waals surface area contributed by atoms with Gasteiger partial charge in [-0.3, -0.25) is 16.0 Å². The van der Waals surface area contributed by atoms with E-state index in [1.165, 1.54) is 0 Å². The van der Waals surface area contributed by atoms with Crippen LogP contribution in [-0.2, 0) is 7.05 Å². The Morgan fingerprint density at radius 3 is 2.94 bits per heavy atom. The Labute approximate surface area is 115 Å². The zero-order chi connectivity index (χ0) is 13.0. The number of halogens is 1. The van der Waals surface area contributed by atoms with Crippen molar-refractivity contribution in [2.45, 2.75) is 10.9 Å². The summed E-state index contributed by atoms with van der Waals surface area (Å²) in [6.07, 6.45) is 1.91. The predicted molar refractivity (Wildman–Crippen MR) is 75.4 cm³/mol. The molecule has 1 unspecified atom stereocenters. The number of hydrogen-bond acceptors (Lipinski definition) is 4. The molecule has 1 aromatic carbocycles. The molecule has 0 amide bonds. The van der Waals surface area contributed by atoms with Gasteiger partial charge in [-0.1, -0.05) is 17.7 Å². The van der Waals surface area contributed by atoms with Crippen LogP contribution >= 0.6 is 23.4 Å². The molecule has 2 rings (SSSR count). The first-order chi connectivity index (χ1) is 8.69. The summed E-state index contributed by atoms with van der Waals surface area (Å²) < 4.78 is 1.77. The van der Waals surface area contributed by atoms with Gasteiger partial charge >= 0.3 is 0 Å². The zero-order valence-corrected chi connectivity index (χ0v) is 11.6. The van der Waals surface area contributed by atoms with E-state index in [0.717, 1.165) is 21.4 Å². The number of hydrazine groups is 1. The van der Waals surface area contributed by atoms with Crippen molar-refractivity contribution in [3.05, 3.63) is 47.2 Å². The van der Waals surface area contributed by atoms with Gasteiger partial charge in [-0.2, -0.15) is 5.10 Å². The van der Waals surface area contributed by atoms with E-state index < -0.39 is 0 Å². The lowest BCUT2D eigenvalue weighted by molar-refractivity contribution is 0.581. The fraction of sp³-hybridized carbons (Fsp3) is 0.250. The summed E-state index contributed by atoms with van der Waals surface area (Å²) in [6, 6.07) is 9.76.